The van der Waals surface area contributed by atoms with E-state index in [0.29, 0.717) is 11.4 Å². The molecule has 1 aliphatic heterocycles. The number of sulfonamides is 1. The van der Waals surface area contributed by atoms with Gasteiger partial charge in [-0.1, -0.05) is 17.7 Å². The van der Waals surface area contributed by atoms with Crippen molar-refractivity contribution in [3.8, 4) is 0 Å². The summed E-state index contributed by atoms with van der Waals surface area (Å²) in [4.78, 5) is 11.4. The van der Waals surface area contributed by atoms with E-state index in [9.17, 15) is 18.5 Å². The molecule has 8 heteroatoms. The molecule has 0 saturated carbocycles. The van der Waals surface area contributed by atoms with Crippen LogP contribution in [0.25, 0.3) is 0 Å². The molecular formula is C15H14N2O4S2. The molecule has 120 valence electrons. The van der Waals surface area contributed by atoms with E-state index in [2.05, 4.69) is 0 Å². The van der Waals surface area contributed by atoms with Gasteiger partial charge in [0.15, 0.2) is 0 Å². The fourth-order valence-corrected chi connectivity index (χ4v) is 5.01. The average Bonchev–Trinajstić information content (AvgIpc) is 2.54. The third-order valence-corrected chi connectivity index (χ3v) is 6.45. The summed E-state index contributed by atoms with van der Waals surface area (Å²) in [6, 6.07) is 10.9. The number of nitro benzene ring substituents is 1. The number of aryl methyl sites for hydroxylation is 1. The summed E-state index contributed by atoms with van der Waals surface area (Å²) in [7, 11) is -3.74. The summed E-state index contributed by atoms with van der Waals surface area (Å²) in [6.07, 6.45) is 0. The van der Waals surface area contributed by atoms with E-state index in [4.69, 9.17) is 0 Å². The van der Waals surface area contributed by atoms with Gasteiger partial charge in [-0.15, -0.1) is 11.8 Å². The van der Waals surface area contributed by atoms with Gasteiger partial charge < -0.3 is 0 Å². The number of thioether (sulfide) groups is 1. The average molecular weight is 350 g/mol. The lowest BCUT2D eigenvalue weighted by Crippen LogP contribution is -2.35. The predicted molar refractivity (Wildman–Crippen MR) is 89.5 cm³/mol. The van der Waals surface area contributed by atoms with E-state index < -0.39 is 14.9 Å². The molecule has 0 saturated heterocycles. The van der Waals surface area contributed by atoms with Crippen LogP contribution in [0.1, 0.15) is 5.56 Å². The molecule has 0 aromatic heterocycles. The summed E-state index contributed by atoms with van der Waals surface area (Å²) in [5, 5.41) is 11.0. The number of rotatable bonds is 3. The van der Waals surface area contributed by atoms with Crippen molar-refractivity contribution in [2.45, 2.75) is 16.7 Å². The molecule has 0 N–H and O–H groups in total. The van der Waals surface area contributed by atoms with Crippen LogP contribution < -0.4 is 4.31 Å². The largest absolute Gasteiger partial charge is 0.271 e. The summed E-state index contributed by atoms with van der Waals surface area (Å²) in [5.74, 6) is 0.607. The van der Waals surface area contributed by atoms with Gasteiger partial charge in [-0.2, -0.15) is 0 Å². The number of hydrogen-bond donors (Lipinski definition) is 0. The SMILES string of the molecule is Cc1ccc(S(=O)(=O)N2CCSc3ccc([N+](=O)[O-])cc32)cc1. The Morgan fingerprint density at radius 1 is 1.17 bits per heavy atom. The lowest BCUT2D eigenvalue weighted by atomic mass is 10.2. The van der Waals surface area contributed by atoms with Gasteiger partial charge in [-0.3, -0.25) is 14.4 Å². The first-order valence-electron chi connectivity index (χ1n) is 6.90. The number of benzene rings is 2. The maximum atomic E-state index is 12.9. The van der Waals surface area contributed by atoms with Crippen LogP contribution in [0.5, 0.6) is 0 Å². The number of fused-ring (bicyclic) bond motifs is 1. The molecule has 1 heterocycles. The van der Waals surface area contributed by atoms with Gasteiger partial charge in [-0.25, -0.2) is 8.42 Å². The Balaban J connectivity index is 2.10. The smallest absolute Gasteiger partial charge is 0.264 e. The minimum atomic E-state index is -3.74. The van der Waals surface area contributed by atoms with E-state index >= 15 is 0 Å². The van der Waals surface area contributed by atoms with Crippen molar-refractivity contribution in [3.63, 3.8) is 0 Å². The Morgan fingerprint density at radius 3 is 2.52 bits per heavy atom. The zero-order valence-electron chi connectivity index (χ0n) is 12.3. The van der Waals surface area contributed by atoms with Crippen molar-refractivity contribution in [1.82, 2.24) is 0 Å². The van der Waals surface area contributed by atoms with Crippen LogP contribution in [0.3, 0.4) is 0 Å². The van der Waals surface area contributed by atoms with Gasteiger partial charge in [0.1, 0.15) is 0 Å². The van der Waals surface area contributed by atoms with Gasteiger partial charge >= 0.3 is 0 Å². The summed E-state index contributed by atoms with van der Waals surface area (Å²) in [6.45, 7) is 2.17. The van der Waals surface area contributed by atoms with Crippen molar-refractivity contribution >= 4 is 33.2 Å². The molecule has 3 rings (SSSR count). The molecule has 2 aromatic rings. The van der Waals surface area contributed by atoms with E-state index in [0.717, 1.165) is 10.5 Å². The fourth-order valence-electron chi connectivity index (χ4n) is 2.38. The van der Waals surface area contributed by atoms with Crippen LogP contribution in [0.4, 0.5) is 11.4 Å². The van der Waals surface area contributed by atoms with Gasteiger partial charge in [0.25, 0.3) is 15.7 Å². The first-order chi connectivity index (χ1) is 10.9. The van der Waals surface area contributed by atoms with Crippen LogP contribution in [-0.2, 0) is 10.0 Å². The normalized spacial score (nSPS) is 14.4. The topological polar surface area (TPSA) is 80.5 Å². The third-order valence-electron chi connectivity index (χ3n) is 3.58. The second kappa shape index (κ2) is 5.86. The summed E-state index contributed by atoms with van der Waals surface area (Å²) < 4.78 is 27.0. The highest BCUT2D eigenvalue weighted by Gasteiger charge is 2.30. The predicted octanol–water partition coefficient (Wildman–Crippen LogP) is 3.20. The number of non-ortho nitro benzene ring substituents is 1. The third kappa shape index (κ3) is 2.91. The maximum absolute atomic E-state index is 12.9. The molecule has 23 heavy (non-hydrogen) atoms. The van der Waals surface area contributed by atoms with Crippen molar-refractivity contribution < 1.29 is 13.3 Å². The lowest BCUT2D eigenvalue weighted by molar-refractivity contribution is -0.384. The minimum Gasteiger partial charge on any atom is -0.264 e. The highest BCUT2D eigenvalue weighted by atomic mass is 32.2. The van der Waals surface area contributed by atoms with Crippen LogP contribution in [0.2, 0.25) is 0 Å². The monoisotopic (exact) mass is 350 g/mol. The first kappa shape index (κ1) is 15.8. The molecule has 0 radical (unpaired) electrons. The fraction of sp³-hybridized carbons (Fsp3) is 0.200. The molecule has 1 aliphatic rings. The van der Waals surface area contributed by atoms with E-state index in [1.165, 1.54) is 28.2 Å². The Kier molecular flexibility index (Phi) is 4.03. The molecule has 0 spiro atoms. The number of anilines is 1. The number of hydrogen-bond acceptors (Lipinski definition) is 5. The van der Waals surface area contributed by atoms with E-state index in [-0.39, 0.29) is 17.1 Å². The highest BCUT2D eigenvalue weighted by molar-refractivity contribution is 8.00. The number of nitrogens with zero attached hydrogens (tertiary/aromatic N) is 2. The zero-order valence-corrected chi connectivity index (χ0v) is 13.9. The second-order valence-corrected chi connectivity index (χ2v) is 8.15. The number of nitro groups is 1. The molecule has 0 atom stereocenters. The lowest BCUT2D eigenvalue weighted by Gasteiger charge is -2.29. The highest BCUT2D eigenvalue weighted by Crippen LogP contribution is 2.39. The van der Waals surface area contributed by atoms with Gasteiger partial charge in [0.2, 0.25) is 0 Å². The quantitative estimate of drug-likeness (QED) is 0.627. The van der Waals surface area contributed by atoms with Crippen LogP contribution in [0.15, 0.2) is 52.3 Å². The molecule has 0 amide bonds. The zero-order chi connectivity index (χ0) is 16.6. The van der Waals surface area contributed by atoms with Crippen LogP contribution in [-0.4, -0.2) is 25.6 Å². The van der Waals surface area contributed by atoms with Crippen molar-refractivity contribution in [3.05, 3.63) is 58.1 Å². The minimum absolute atomic E-state index is 0.115. The molecule has 0 bridgehead atoms. The molecule has 0 unspecified atom stereocenters. The van der Waals surface area contributed by atoms with Crippen molar-refractivity contribution in [1.29, 1.82) is 0 Å². The molecule has 0 aliphatic carbocycles. The summed E-state index contributed by atoms with van der Waals surface area (Å²) >= 11 is 1.50. The molecule has 0 fully saturated rings. The maximum Gasteiger partial charge on any atom is 0.271 e. The van der Waals surface area contributed by atoms with Crippen molar-refractivity contribution in [2.24, 2.45) is 0 Å². The second-order valence-electron chi connectivity index (χ2n) is 5.15. The Hall–Kier alpha value is -2.06. The standard InChI is InChI=1S/C15H14N2O4S2/c1-11-2-5-13(6-3-11)23(20,21)16-8-9-22-15-7-4-12(17(18)19)10-14(15)16/h2-7,10H,8-9H2,1H3. The van der Waals surface area contributed by atoms with Crippen molar-refractivity contribution in [2.75, 3.05) is 16.6 Å². The van der Waals surface area contributed by atoms with Crippen LogP contribution in [0, 0.1) is 17.0 Å². The van der Waals surface area contributed by atoms with Gasteiger partial charge in [-0.05, 0) is 25.1 Å². The molecular weight excluding hydrogens is 336 g/mol. The van der Waals surface area contributed by atoms with Gasteiger partial charge in [0, 0.05) is 29.3 Å². The van der Waals surface area contributed by atoms with E-state index in [1.54, 1.807) is 30.3 Å². The molecule has 2 aromatic carbocycles. The Bertz CT molecular complexity index is 864. The van der Waals surface area contributed by atoms with E-state index in [1.807, 2.05) is 6.92 Å². The summed E-state index contributed by atoms with van der Waals surface area (Å²) in [5.41, 5.74) is 1.22. The Labute approximate surface area is 138 Å². The molecule has 6 nitrogen and oxygen atoms in total. The van der Waals surface area contributed by atoms with Gasteiger partial charge in [0.05, 0.1) is 15.5 Å². The first-order valence-corrected chi connectivity index (χ1v) is 9.33. The Morgan fingerprint density at radius 2 is 1.87 bits per heavy atom. The van der Waals surface area contributed by atoms with Crippen LogP contribution >= 0.6 is 11.8 Å².